The van der Waals surface area contributed by atoms with Gasteiger partial charge < -0.3 is 24.6 Å². The molecule has 9 nitrogen and oxygen atoms in total. The average Bonchev–Trinajstić information content (AvgIpc) is 2.49. The quantitative estimate of drug-likeness (QED) is 0.370. The first kappa shape index (κ1) is 25.0. The summed E-state index contributed by atoms with van der Waals surface area (Å²) in [6.45, 7) is 10.2. The van der Waals surface area contributed by atoms with Gasteiger partial charge in [-0.1, -0.05) is 0 Å². The fourth-order valence-electron chi connectivity index (χ4n) is 2.14. The number of methoxy groups -OCH3 is 1. The molecule has 2 N–H and O–H groups in total. The van der Waals surface area contributed by atoms with Gasteiger partial charge in [-0.15, -0.1) is 0 Å². The molecule has 0 aromatic heterocycles. The molecular formula is C18H34N2O7. The number of nitrogens with zero attached hydrogens (tertiary/aromatic N) is 1. The van der Waals surface area contributed by atoms with E-state index in [2.05, 4.69) is 5.32 Å². The van der Waals surface area contributed by atoms with E-state index < -0.39 is 35.4 Å². The van der Waals surface area contributed by atoms with Crippen molar-refractivity contribution in [2.24, 2.45) is 0 Å². The van der Waals surface area contributed by atoms with Crippen molar-refractivity contribution >= 4 is 18.2 Å². The fourth-order valence-corrected chi connectivity index (χ4v) is 2.14. The van der Waals surface area contributed by atoms with Crippen molar-refractivity contribution in [2.75, 3.05) is 26.8 Å². The van der Waals surface area contributed by atoms with E-state index in [4.69, 9.17) is 14.2 Å². The number of aliphatic hydroxyl groups excluding tert-OH is 1. The number of carbonyl (C=O) groups excluding carboxylic acids is 3. The number of esters is 1. The minimum absolute atomic E-state index is 0.0752. The van der Waals surface area contributed by atoms with Crippen LogP contribution in [0.4, 0.5) is 9.59 Å². The first-order valence-electron chi connectivity index (χ1n) is 8.96. The van der Waals surface area contributed by atoms with Gasteiger partial charge in [0.2, 0.25) is 0 Å². The second-order valence-corrected chi connectivity index (χ2v) is 8.01. The van der Waals surface area contributed by atoms with E-state index in [-0.39, 0.29) is 26.1 Å². The maximum atomic E-state index is 12.4. The van der Waals surface area contributed by atoms with Crippen LogP contribution in [-0.4, -0.2) is 72.2 Å². The standard InChI is InChI=1S/C18H34N2O7/c1-17(2,3)26-15(23)19-10-8-9-13(14(22)25-7)20(11-12-21)16(24)27-18(4,5)6/h13,21H,8-12H2,1-7H3,(H,19,23)/t13-/m0/s1. The predicted octanol–water partition coefficient (Wildman–Crippen LogP) is 2.06. The summed E-state index contributed by atoms with van der Waals surface area (Å²) < 4.78 is 15.2. The molecule has 0 unspecified atom stereocenters. The van der Waals surface area contributed by atoms with Crippen LogP contribution in [0.2, 0.25) is 0 Å². The minimum Gasteiger partial charge on any atom is -0.467 e. The number of rotatable bonds is 8. The number of ether oxygens (including phenoxy) is 3. The molecule has 0 saturated heterocycles. The maximum absolute atomic E-state index is 12.4. The normalized spacial score (nSPS) is 12.7. The maximum Gasteiger partial charge on any atom is 0.411 e. The van der Waals surface area contributed by atoms with Crippen molar-refractivity contribution in [3.05, 3.63) is 0 Å². The number of carbonyl (C=O) groups is 3. The van der Waals surface area contributed by atoms with E-state index in [0.29, 0.717) is 6.42 Å². The smallest absolute Gasteiger partial charge is 0.411 e. The molecule has 1 atom stereocenters. The minimum atomic E-state index is -0.933. The zero-order valence-electron chi connectivity index (χ0n) is 17.5. The average molecular weight is 390 g/mol. The first-order valence-corrected chi connectivity index (χ1v) is 8.96. The largest absolute Gasteiger partial charge is 0.467 e. The summed E-state index contributed by atoms with van der Waals surface area (Å²) in [6, 6.07) is -0.933. The van der Waals surface area contributed by atoms with Crippen LogP contribution in [0.25, 0.3) is 0 Å². The third-order valence-corrected chi connectivity index (χ3v) is 3.14. The Kier molecular flexibility index (Phi) is 10.1. The van der Waals surface area contributed by atoms with Gasteiger partial charge >= 0.3 is 18.2 Å². The van der Waals surface area contributed by atoms with E-state index in [0.717, 1.165) is 4.90 Å². The van der Waals surface area contributed by atoms with Crippen molar-refractivity contribution in [3.63, 3.8) is 0 Å². The van der Waals surface area contributed by atoms with Crippen molar-refractivity contribution in [1.29, 1.82) is 0 Å². The molecule has 9 heteroatoms. The van der Waals surface area contributed by atoms with Crippen molar-refractivity contribution < 1.29 is 33.7 Å². The molecule has 27 heavy (non-hydrogen) atoms. The molecule has 0 aromatic carbocycles. The topological polar surface area (TPSA) is 114 Å². The molecular weight excluding hydrogens is 356 g/mol. The Morgan fingerprint density at radius 2 is 1.59 bits per heavy atom. The highest BCUT2D eigenvalue weighted by molar-refractivity contribution is 5.81. The lowest BCUT2D eigenvalue weighted by Gasteiger charge is -2.31. The highest BCUT2D eigenvalue weighted by Gasteiger charge is 2.33. The summed E-state index contributed by atoms with van der Waals surface area (Å²) in [5.74, 6) is -0.619. The Labute approximate surface area is 161 Å². The van der Waals surface area contributed by atoms with Crippen molar-refractivity contribution in [3.8, 4) is 0 Å². The Hall–Kier alpha value is -2.03. The lowest BCUT2D eigenvalue weighted by molar-refractivity contribution is -0.147. The van der Waals surface area contributed by atoms with Gasteiger partial charge in [0.25, 0.3) is 0 Å². The van der Waals surface area contributed by atoms with Gasteiger partial charge in [-0.25, -0.2) is 14.4 Å². The van der Waals surface area contributed by atoms with Crippen LogP contribution in [0, 0.1) is 0 Å². The SMILES string of the molecule is COC(=O)[C@H](CCCNC(=O)OC(C)(C)C)N(CCO)C(=O)OC(C)(C)C. The number of aliphatic hydroxyl groups is 1. The highest BCUT2D eigenvalue weighted by Crippen LogP contribution is 2.15. The molecule has 0 heterocycles. The molecule has 0 aromatic rings. The Morgan fingerprint density at radius 1 is 1.04 bits per heavy atom. The zero-order chi connectivity index (χ0) is 21.3. The Bertz CT molecular complexity index is 495. The van der Waals surface area contributed by atoms with Gasteiger partial charge in [0.1, 0.15) is 17.2 Å². The van der Waals surface area contributed by atoms with Gasteiger partial charge in [-0.05, 0) is 54.4 Å². The molecule has 0 rings (SSSR count). The summed E-state index contributed by atoms with van der Waals surface area (Å²) in [5, 5.41) is 11.9. The van der Waals surface area contributed by atoms with Crippen molar-refractivity contribution in [2.45, 2.75) is 71.6 Å². The van der Waals surface area contributed by atoms with Crippen molar-refractivity contribution in [1.82, 2.24) is 10.2 Å². The summed E-state index contributed by atoms with van der Waals surface area (Å²) in [6.07, 6.45) is -0.658. The number of nitrogens with one attached hydrogen (secondary N) is 1. The molecule has 0 bridgehead atoms. The number of amides is 2. The number of alkyl carbamates (subject to hydrolysis) is 1. The van der Waals surface area contributed by atoms with Crippen LogP contribution >= 0.6 is 0 Å². The van der Waals surface area contributed by atoms with E-state index in [1.807, 2.05) is 0 Å². The monoisotopic (exact) mass is 390 g/mol. The second kappa shape index (κ2) is 11.0. The molecule has 0 fully saturated rings. The molecule has 0 aliphatic heterocycles. The van der Waals surface area contributed by atoms with Crippen LogP contribution in [0.3, 0.4) is 0 Å². The van der Waals surface area contributed by atoms with Gasteiger partial charge in [0.15, 0.2) is 0 Å². The first-order chi connectivity index (χ1) is 12.3. The summed E-state index contributed by atoms with van der Waals surface area (Å²) in [5.41, 5.74) is -1.35. The van der Waals surface area contributed by atoms with Gasteiger partial charge in [-0.3, -0.25) is 4.90 Å². The van der Waals surface area contributed by atoms with Crippen LogP contribution in [0.5, 0.6) is 0 Å². The lowest BCUT2D eigenvalue weighted by Crippen LogP contribution is -2.49. The summed E-state index contributed by atoms with van der Waals surface area (Å²) in [7, 11) is 1.22. The Morgan fingerprint density at radius 3 is 2.04 bits per heavy atom. The lowest BCUT2D eigenvalue weighted by atomic mass is 10.1. The van der Waals surface area contributed by atoms with Crippen LogP contribution < -0.4 is 5.32 Å². The molecule has 0 aliphatic rings. The van der Waals surface area contributed by atoms with E-state index >= 15 is 0 Å². The Balaban J connectivity index is 4.90. The number of hydrogen-bond acceptors (Lipinski definition) is 7. The van der Waals surface area contributed by atoms with Gasteiger partial charge in [-0.2, -0.15) is 0 Å². The highest BCUT2D eigenvalue weighted by atomic mass is 16.6. The zero-order valence-corrected chi connectivity index (χ0v) is 17.5. The molecule has 0 saturated carbocycles. The summed E-state index contributed by atoms with van der Waals surface area (Å²) in [4.78, 5) is 37.3. The van der Waals surface area contributed by atoms with Crippen LogP contribution in [0.15, 0.2) is 0 Å². The van der Waals surface area contributed by atoms with Gasteiger partial charge in [0, 0.05) is 13.1 Å². The third-order valence-electron chi connectivity index (χ3n) is 3.14. The molecule has 0 aliphatic carbocycles. The molecule has 0 radical (unpaired) electrons. The van der Waals surface area contributed by atoms with Crippen LogP contribution in [-0.2, 0) is 19.0 Å². The van der Waals surface area contributed by atoms with E-state index in [9.17, 15) is 19.5 Å². The predicted molar refractivity (Wildman–Crippen MR) is 99.3 cm³/mol. The molecule has 158 valence electrons. The second-order valence-electron chi connectivity index (χ2n) is 8.01. The van der Waals surface area contributed by atoms with E-state index in [1.165, 1.54) is 7.11 Å². The fraction of sp³-hybridized carbons (Fsp3) is 0.833. The molecule has 0 spiro atoms. The number of hydrogen-bond donors (Lipinski definition) is 2. The molecule has 2 amide bonds. The third kappa shape index (κ3) is 11.3. The summed E-state index contributed by atoms with van der Waals surface area (Å²) >= 11 is 0. The van der Waals surface area contributed by atoms with Gasteiger partial charge in [0.05, 0.1) is 13.7 Å². The van der Waals surface area contributed by atoms with Crippen LogP contribution in [0.1, 0.15) is 54.4 Å². The van der Waals surface area contributed by atoms with E-state index in [1.54, 1.807) is 41.5 Å².